The van der Waals surface area contributed by atoms with Gasteiger partial charge in [0.2, 0.25) is 0 Å². The van der Waals surface area contributed by atoms with Crippen molar-refractivity contribution >= 4 is 6.09 Å². The molecule has 1 fully saturated rings. The Hall–Kier alpha value is -0.770. The monoisotopic (exact) mass is 200 g/mol. The van der Waals surface area contributed by atoms with E-state index in [-0.39, 0.29) is 6.09 Å². The van der Waals surface area contributed by atoms with Gasteiger partial charge < -0.3 is 4.74 Å². The van der Waals surface area contributed by atoms with E-state index in [9.17, 15) is 4.79 Å². The molecule has 0 spiro atoms. The summed E-state index contributed by atoms with van der Waals surface area (Å²) in [6.07, 6.45) is 2.18. The van der Waals surface area contributed by atoms with Crippen LogP contribution in [0.5, 0.6) is 0 Å². The molecule has 0 aromatic heterocycles. The minimum absolute atomic E-state index is 0.374. The molecule has 0 atom stereocenters. The summed E-state index contributed by atoms with van der Waals surface area (Å²) in [5, 5.41) is 1.80. The molecule has 0 saturated heterocycles. The minimum Gasteiger partial charge on any atom is -0.443 e. The van der Waals surface area contributed by atoms with Crippen LogP contribution in [0, 0.1) is 5.92 Å². The van der Waals surface area contributed by atoms with Crippen molar-refractivity contribution in [3.8, 4) is 0 Å². The Kier molecular flexibility index (Phi) is 3.37. The van der Waals surface area contributed by atoms with Gasteiger partial charge in [0.05, 0.1) is 0 Å². The van der Waals surface area contributed by atoms with Crippen molar-refractivity contribution in [1.29, 1.82) is 0 Å². The summed E-state index contributed by atoms with van der Waals surface area (Å²) in [7, 11) is 1.86. The number of hydrogen-bond acceptors (Lipinski definition) is 3. The molecule has 1 aliphatic carbocycles. The number of amides is 1. The maximum atomic E-state index is 11.3. The minimum atomic E-state index is -0.426. The molecule has 1 aliphatic rings. The fourth-order valence-corrected chi connectivity index (χ4v) is 1.19. The molecule has 1 N–H and O–H groups in total. The Balaban J connectivity index is 2.18. The predicted molar refractivity (Wildman–Crippen MR) is 54.7 cm³/mol. The summed E-state index contributed by atoms with van der Waals surface area (Å²) in [5.74, 6) is 0.759. The summed E-state index contributed by atoms with van der Waals surface area (Å²) in [4.78, 5) is 11.3. The third-order valence-electron chi connectivity index (χ3n) is 1.91. The molecule has 4 nitrogen and oxygen atoms in total. The van der Waals surface area contributed by atoms with Crippen LogP contribution in [0.1, 0.15) is 33.6 Å². The molecule has 0 aliphatic heterocycles. The van der Waals surface area contributed by atoms with Gasteiger partial charge in [0.15, 0.2) is 0 Å². The van der Waals surface area contributed by atoms with Gasteiger partial charge in [-0.1, -0.05) is 0 Å². The molecule has 0 unspecified atom stereocenters. The van der Waals surface area contributed by atoms with Gasteiger partial charge in [-0.15, -0.1) is 0 Å². The standard InChI is InChI=1S/C10H20N2O2/c1-10(2,3)14-9(13)11-12(4)7-8-5-6-8/h8H,5-7H2,1-4H3,(H,11,13). The normalized spacial score (nSPS) is 16.9. The lowest BCUT2D eigenvalue weighted by Gasteiger charge is -2.23. The Morgan fingerprint density at radius 1 is 1.50 bits per heavy atom. The molecule has 4 heteroatoms. The summed E-state index contributed by atoms with van der Waals surface area (Å²) in [6.45, 7) is 6.48. The molecular formula is C10H20N2O2. The van der Waals surface area contributed by atoms with E-state index in [2.05, 4.69) is 5.43 Å². The largest absolute Gasteiger partial charge is 0.443 e. The van der Waals surface area contributed by atoms with Crippen molar-refractivity contribution in [2.75, 3.05) is 13.6 Å². The van der Waals surface area contributed by atoms with Crippen LogP contribution in [0.15, 0.2) is 0 Å². The van der Waals surface area contributed by atoms with Crippen molar-refractivity contribution in [2.24, 2.45) is 5.92 Å². The first-order valence-electron chi connectivity index (χ1n) is 5.07. The van der Waals surface area contributed by atoms with Crippen molar-refractivity contribution in [3.63, 3.8) is 0 Å². The van der Waals surface area contributed by atoms with E-state index in [4.69, 9.17) is 4.74 Å². The third kappa shape index (κ3) is 5.07. The zero-order valence-corrected chi connectivity index (χ0v) is 9.46. The van der Waals surface area contributed by atoms with Crippen LogP contribution in [-0.4, -0.2) is 30.3 Å². The molecule has 1 saturated carbocycles. The van der Waals surface area contributed by atoms with Crippen LogP contribution in [0.25, 0.3) is 0 Å². The lowest BCUT2D eigenvalue weighted by molar-refractivity contribution is 0.0363. The van der Waals surface area contributed by atoms with Gasteiger partial charge in [0.1, 0.15) is 5.60 Å². The SMILES string of the molecule is CN(CC1CC1)NC(=O)OC(C)(C)C. The zero-order chi connectivity index (χ0) is 10.8. The molecule has 14 heavy (non-hydrogen) atoms. The molecule has 1 rings (SSSR count). The van der Waals surface area contributed by atoms with Crippen LogP contribution in [-0.2, 0) is 4.74 Å². The van der Waals surface area contributed by atoms with Crippen molar-refractivity contribution in [2.45, 2.75) is 39.2 Å². The van der Waals surface area contributed by atoms with Crippen molar-refractivity contribution in [1.82, 2.24) is 10.4 Å². The van der Waals surface area contributed by atoms with Crippen LogP contribution in [0.2, 0.25) is 0 Å². The van der Waals surface area contributed by atoms with E-state index < -0.39 is 5.60 Å². The van der Waals surface area contributed by atoms with Crippen LogP contribution < -0.4 is 5.43 Å². The maximum Gasteiger partial charge on any atom is 0.422 e. The number of hydrogen-bond donors (Lipinski definition) is 1. The van der Waals surface area contributed by atoms with Crippen molar-refractivity contribution in [3.05, 3.63) is 0 Å². The van der Waals surface area contributed by atoms with Crippen LogP contribution >= 0.6 is 0 Å². The quantitative estimate of drug-likeness (QED) is 0.706. The van der Waals surface area contributed by atoms with E-state index in [1.54, 1.807) is 5.01 Å². The fraction of sp³-hybridized carbons (Fsp3) is 0.900. The molecule has 82 valence electrons. The van der Waals surface area contributed by atoms with Gasteiger partial charge in [0, 0.05) is 13.6 Å². The van der Waals surface area contributed by atoms with Crippen molar-refractivity contribution < 1.29 is 9.53 Å². The van der Waals surface area contributed by atoms with E-state index in [1.807, 2.05) is 27.8 Å². The highest BCUT2D eigenvalue weighted by Gasteiger charge is 2.24. The highest BCUT2D eigenvalue weighted by Crippen LogP contribution is 2.28. The number of nitrogens with one attached hydrogen (secondary N) is 1. The zero-order valence-electron chi connectivity index (χ0n) is 9.46. The lowest BCUT2D eigenvalue weighted by Crippen LogP contribution is -2.43. The average Bonchev–Trinajstić information content (AvgIpc) is 2.64. The molecule has 1 amide bonds. The van der Waals surface area contributed by atoms with E-state index in [0.29, 0.717) is 0 Å². The van der Waals surface area contributed by atoms with Crippen LogP contribution in [0.3, 0.4) is 0 Å². The number of carbonyl (C=O) groups excluding carboxylic acids is 1. The second-order valence-corrected chi connectivity index (χ2v) is 4.94. The topological polar surface area (TPSA) is 41.6 Å². The van der Waals surface area contributed by atoms with Gasteiger partial charge in [-0.05, 0) is 39.5 Å². The van der Waals surface area contributed by atoms with Gasteiger partial charge in [-0.3, -0.25) is 5.43 Å². The third-order valence-corrected chi connectivity index (χ3v) is 1.91. The number of nitrogens with zero attached hydrogens (tertiary/aromatic N) is 1. The number of hydrazine groups is 1. The van der Waals surface area contributed by atoms with E-state index >= 15 is 0 Å². The summed E-state index contributed by atoms with van der Waals surface area (Å²) in [6, 6.07) is 0. The Bertz CT molecular complexity index is 207. The van der Waals surface area contributed by atoms with E-state index in [0.717, 1.165) is 12.5 Å². The number of ether oxygens (including phenoxy) is 1. The molecular weight excluding hydrogens is 180 g/mol. The lowest BCUT2D eigenvalue weighted by atomic mass is 10.2. The average molecular weight is 200 g/mol. The summed E-state index contributed by atoms with van der Waals surface area (Å²) in [5.41, 5.74) is 2.25. The summed E-state index contributed by atoms with van der Waals surface area (Å²) < 4.78 is 5.12. The van der Waals surface area contributed by atoms with E-state index in [1.165, 1.54) is 12.8 Å². The van der Waals surface area contributed by atoms with Crippen LogP contribution in [0.4, 0.5) is 4.79 Å². The maximum absolute atomic E-state index is 11.3. The molecule has 0 aromatic carbocycles. The highest BCUT2D eigenvalue weighted by molar-refractivity contribution is 5.66. The second-order valence-electron chi connectivity index (χ2n) is 4.94. The predicted octanol–water partition coefficient (Wildman–Crippen LogP) is 1.77. The fourth-order valence-electron chi connectivity index (χ4n) is 1.19. The Morgan fingerprint density at radius 2 is 2.07 bits per heavy atom. The smallest absolute Gasteiger partial charge is 0.422 e. The number of carbonyl (C=O) groups is 1. The number of rotatable bonds is 3. The summed E-state index contributed by atoms with van der Waals surface area (Å²) >= 11 is 0. The van der Waals surface area contributed by atoms with Gasteiger partial charge in [0.25, 0.3) is 0 Å². The van der Waals surface area contributed by atoms with Gasteiger partial charge in [-0.2, -0.15) is 0 Å². The molecule has 0 radical (unpaired) electrons. The Labute approximate surface area is 85.6 Å². The van der Waals surface area contributed by atoms with Gasteiger partial charge in [-0.25, -0.2) is 9.80 Å². The second kappa shape index (κ2) is 4.17. The first kappa shape index (κ1) is 11.3. The molecule has 0 bridgehead atoms. The molecule has 0 heterocycles. The first-order valence-corrected chi connectivity index (χ1v) is 5.07. The first-order chi connectivity index (χ1) is 6.37. The Morgan fingerprint density at radius 3 is 2.50 bits per heavy atom. The van der Waals surface area contributed by atoms with Gasteiger partial charge >= 0.3 is 6.09 Å². The highest BCUT2D eigenvalue weighted by atomic mass is 16.6. The molecule has 0 aromatic rings.